The number of nitro groups is 1. The third-order valence-electron chi connectivity index (χ3n) is 3.69. The molecule has 0 aliphatic heterocycles. The SMILES string of the molecule is Cc1cc(SCC(=O)Nc2cc([N+](=O)[O-])ccc2F)nc2ccccc12. The number of nitro benzene ring substituents is 1. The molecule has 0 aliphatic rings. The van der Waals surface area contributed by atoms with E-state index in [-0.39, 0.29) is 17.1 Å². The van der Waals surface area contributed by atoms with Crippen molar-refractivity contribution >= 4 is 39.9 Å². The summed E-state index contributed by atoms with van der Waals surface area (Å²) in [6.07, 6.45) is 0. The normalized spacial score (nSPS) is 10.7. The number of carbonyl (C=O) groups excluding carboxylic acids is 1. The minimum absolute atomic E-state index is 0.00686. The molecule has 1 heterocycles. The maximum Gasteiger partial charge on any atom is 0.271 e. The molecule has 0 spiro atoms. The van der Waals surface area contributed by atoms with Crippen LogP contribution in [-0.4, -0.2) is 21.6 Å². The molecule has 0 unspecified atom stereocenters. The molecule has 0 radical (unpaired) electrons. The molecule has 26 heavy (non-hydrogen) atoms. The summed E-state index contributed by atoms with van der Waals surface area (Å²) in [5.74, 6) is -1.19. The number of nitrogens with zero attached hydrogens (tertiary/aromatic N) is 2. The van der Waals surface area contributed by atoms with Gasteiger partial charge in [0.25, 0.3) is 5.69 Å². The molecule has 0 saturated heterocycles. The molecule has 0 atom stereocenters. The van der Waals surface area contributed by atoms with Crippen LogP contribution < -0.4 is 5.32 Å². The number of pyridine rings is 1. The second-order valence-corrected chi connectivity index (χ2v) is 6.55. The van der Waals surface area contributed by atoms with Crippen LogP contribution in [0.5, 0.6) is 0 Å². The van der Waals surface area contributed by atoms with Crippen LogP contribution >= 0.6 is 11.8 Å². The molecule has 1 aromatic heterocycles. The Morgan fingerprint density at radius 2 is 2.04 bits per heavy atom. The van der Waals surface area contributed by atoms with Crippen LogP contribution in [0.2, 0.25) is 0 Å². The lowest BCUT2D eigenvalue weighted by atomic mass is 10.1. The average Bonchev–Trinajstić information content (AvgIpc) is 2.62. The van der Waals surface area contributed by atoms with E-state index in [1.165, 1.54) is 11.8 Å². The number of aryl methyl sites for hydroxylation is 1. The molecule has 0 saturated carbocycles. The van der Waals surface area contributed by atoms with Crippen molar-refractivity contribution in [2.24, 2.45) is 0 Å². The highest BCUT2D eigenvalue weighted by molar-refractivity contribution is 7.99. The maximum absolute atomic E-state index is 13.7. The lowest BCUT2D eigenvalue weighted by Gasteiger charge is -2.08. The third kappa shape index (κ3) is 3.97. The molecule has 3 rings (SSSR count). The standard InChI is InChI=1S/C18H14FN3O3S/c1-11-8-18(21-15-5-3-2-4-13(11)15)26-10-17(23)20-16-9-12(22(24)25)6-7-14(16)19/h2-9H,10H2,1H3,(H,20,23). The molecular weight excluding hydrogens is 357 g/mol. The van der Waals surface area contributed by atoms with E-state index < -0.39 is 16.6 Å². The molecule has 6 nitrogen and oxygen atoms in total. The van der Waals surface area contributed by atoms with Gasteiger partial charge in [-0.2, -0.15) is 0 Å². The predicted octanol–water partition coefficient (Wildman–Crippen LogP) is 4.32. The van der Waals surface area contributed by atoms with Gasteiger partial charge in [0, 0.05) is 17.5 Å². The average molecular weight is 371 g/mol. The first-order valence-corrected chi connectivity index (χ1v) is 8.65. The number of carbonyl (C=O) groups is 1. The second-order valence-electron chi connectivity index (χ2n) is 5.55. The van der Waals surface area contributed by atoms with E-state index in [2.05, 4.69) is 10.3 Å². The van der Waals surface area contributed by atoms with Crippen LogP contribution in [0.25, 0.3) is 10.9 Å². The molecule has 0 bridgehead atoms. The first-order chi connectivity index (χ1) is 12.4. The minimum atomic E-state index is -0.728. The molecule has 1 amide bonds. The van der Waals surface area contributed by atoms with Gasteiger partial charge in [-0.15, -0.1) is 0 Å². The van der Waals surface area contributed by atoms with Crippen molar-refractivity contribution in [2.45, 2.75) is 11.9 Å². The Morgan fingerprint density at radius 3 is 2.81 bits per heavy atom. The van der Waals surface area contributed by atoms with Crippen molar-refractivity contribution in [3.63, 3.8) is 0 Å². The number of aromatic nitrogens is 1. The summed E-state index contributed by atoms with van der Waals surface area (Å²) in [6.45, 7) is 1.96. The topological polar surface area (TPSA) is 85.1 Å². The van der Waals surface area contributed by atoms with Gasteiger partial charge >= 0.3 is 0 Å². The van der Waals surface area contributed by atoms with Crippen LogP contribution in [0, 0.1) is 22.9 Å². The van der Waals surface area contributed by atoms with Gasteiger partial charge in [0.05, 0.1) is 26.9 Å². The number of para-hydroxylation sites is 1. The zero-order valence-electron chi connectivity index (χ0n) is 13.7. The summed E-state index contributed by atoms with van der Waals surface area (Å²) < 4.78 is 13.7. The molecule has 0 aliphatic carbocycles. The highest BCUT2D eigenvalue weighted by Crippen LogP contribution is 2.25. The fraction of sp³-hybridized carbons (Fsp3) is 0.111. The Morgan fingerprint density at radius 1 is 1.27 bits per heavy atom. The molecule has 1 N–H and O–H groups in total. The molecule has 0 fully saturated rings. The predicted molar refractivity (Wildman–Crippen MR) is 98.9 cm³/mol. The number of non-ortho nitro benzene ring substituents is 1. The van der Waals surface area contributed by atoms with Crippen LogP contribution in [0.15, 0.2) is 53.6 Å². The minimum Gasteiger partial charge on any atom is -0.323 e. The summed E-state index contributed by atoms with van der Waals surface area (Å²) >= 11 is 1.21. The Balaban J connectivity index is 1.70. The number of halogens is 1. The van der Waals surface area contributed by atoms with Crippen molar-refractivity contribution in [3.8, 4) is 0 Å². The zero-order chi connectivity index (χ0) is 18.7. The summed E-state index contributed by atoms with van der Waals surface area (Å²) in [6, 6.07) is 12.6. The van der Waals surface area contributed by atoms with E-state index in [0.29, 0.717) is 5.03 Å². The zero-order valence-corrected chi connectivity index (χ0v) is 14.5. The number of hydrogen-bond acceptors (Lipinski definition) is 5. The fourth-order valence-electron chi connectivity index (χ4n) is 2.44. The van der Waals surface area contributed by atoms with Gasteiger partial charge < -0.3 is 5.32 Å². The highest BCUT2D eigenvalue weighted by atomic mass is 32.2. The van der Waals surface area contributed by atoms with Crippen molar-refractivity contribution in [1.82, 2.24) is 4.98 Å². The van der Waals surface area contributed by atoms with Crippen molar-refractivity contribution in [3.05, 3.63) is 70.0 Å². The number of rotatable bonds is 5. The Kier molecular flexibility index (Phi) is 5.13. The summed E-state index contributed by atoms with van der Waals surface area (Å²) in [5, 5.41) is 14.8. The summed E-state index contributed by atoms with van der Waals surface area (Å²) in [5.41, 5.74) is 1.37. The number of benzene rings is 2. The smallest absolute Gasteiger partial charge is 0.271 e. The molecule has 8 heteroatoms. The molecule has 132 valence electrons. The monoisotopic (exact) mass is 371 g/mol. The van der Waals surface area contributed by atoms with Gasteiger partial charge in [-0.3, -0.25) is 14.9 Å². The van der Waals surface area contributed by atoms with Crippen LogP contribution in [-0.2, 0) is 4.79 Å². The van der Waals surface area contributed by atoms with Gasteiger partial charge in [0.1, 0.15) is 5.82 Å². The number of amides is 1. The summed E-state index contributed by atoms with van der Waals surface area (Å²) in [7, 11) is 0. The Hall–Kier alpha value is -3.00. The van der Waals surface area contributed by atoms with Gasteiger partial charge in [-0.1, -0.05) is 30.0 Å². The van der Waals surface area contributed by atoms with Crippen LogP contribution in [0.3, 0.4) is 0 Å². The Labute approximate surface area is 152 Å². The van der Waals surface area contributed by atoms with E-state index in [1.54, 1.807) is 0 Å². The van der Waals surface area contributed by atoms with Crippen molar-refractivity contribution < 1.29 is 14.1 Å². The van der Waals surface area contributed by atoms with Gasteiger partial charge in [-0.05, 0) is 30.7 Å². The van der Waals surface area contributed by atoms with Crippen LogP contribution in [0.1, 0.15) is 5.56 Å². The third-order valence-corrected chi connectivity index (χ3v) is 4.60. The number of anilines is 1. The lowest BCUT2D eigenvalue weighted by molar-refractivity contribution is -0.384. The number of thioether (sulfide) groups is 1. The number of fused-ring (bicyclic) bond motifs is 1. The van der Waals surface area contributed by atoms with E-state index in [9.17, 15) is 19.3 Å². The highest BCUT2D eigenvalue weighted by Gasteiger charge is 2.14. The fourth-order valence-corrected chi connectivity index (χ4v) is 3.22. The van der Waals surface area contributed by atoms with E-state index in [4.69, 9.17) is 0 Å². The van der Waals surface area contributed by atoms with E-state index in [0.717, 1.165) is 34.7 Å². The van der Waals surface area contributed by atoms with Crippen molar-refractivity contribution in [1.29, 1.82) is 0 Å². The maximum atomic E-state index is 13.7. The van der Waals surface area contributed by atoms with E-state index in [1.807, 2.05) is 37.3 Å². The van der Waals surface area contributed by atoms with Gasteiger partial charge in [0.15, 0.2) is 0 Å². The lowest BCUT2D eigenvalue weighted by Crippen LogP contribution is -2.15. The molecular formula is C18H14FN3O3S. The first-order valence-electron chi connectivity index (χ1n) is 7.67. The first kappa shape index (κ1) is 17.8. The second kappa shape index (κ2) is 7.49. The number of nitrogens with one attached hydrogen (secondary N) is 1. The Bertz CT molecular complexity index is 1010. The number of hydrogen-bond donors (Lipinski definition) is 1. The van der Waals surface area contributed by atoms with Crippen molar-refractivity contribution in [2.75, 3.05) is 11.1 Å². The van der Waals surface area contributed by atoms with Crippen LogP contribution in [0.4, 0.5) is 15.8 Å². The van der Waals surface area contributed by atoms with Gasteiger partial charge in [0.2, 0.25) is 5.91 Å². The molecule has 2 aromatic carbocycles. The largest absolute Gasteiger partial charge is 0.323 e. The van der Waals surface area contributed by atoms with E-state index >= 15 is 0 Å². The molecule has 3 aromatic rings. The summed E-state index contributed by atoms with van der Waals surface area (Å²) in [4.78, 5) is 26.7. The quantitative estimate of drug-likeness (QED) is 0.410. The van der Waals surface area contributed by atoms with Gasteiger partial charge in [-0.25, -0.2) is 9.37 Å².